The average Bonchev–Trinajstić information content (AvgIpc) is 2.75. The molecule has 2 rings (SSSR count). The molecule has 1 N–H and O–H groups in total. The lowest BCUT2D eigenvalue weighted by atomic mass is 9.71. The maximum atomic E-state index is 11.2. The Morgan fingerprint density at radius 2 is 2.21 bits per heavy atom. The van der Waals surface area contributed by atoms with Gasteiger partial charge in [-0.25, -0.2) is 0 Å². The van der Waals surface area contributed by atoms with Crippen LogP contribution in [0.5, 0.6) is 0 Å². The number of nitriles is 1. The van der Waals surface area contributed by atoms with Gasteiger partial charge in [-0.15, -0.1) is 11.8 Å². The number of ketones is 1. The summed E-state index contributed by atoms with van der Waals surface area (Å²) in [5, 5.41) is 18.1. The van der Waals surface area contributed by atoms with E-state index in [4.69, 9.17) is 5.41 Å². The Bertz CT molecular complexity index is 535. The monoisotopic (exact) mass is 272 g/mol. The molecule has 0 bridgehead atoms. The van der Waals surface area contributed by atoms with Gasteiger partial charge < -0.3 is 4.79 Å². The molecule has 1 heterocycles. The Hall–Kier alpha value is -1.60. The molecule has 1 saturated heterocycles. The van der Waals surface area contributed by atoms with Crippen molar-refractivity contribution >= 4 is 22.6 Å². The Labute approximate surface area is 117 Å². The van der Waals surface area contributed by atoms with Crippen LogP contribution >= 0.6 is 11.8 Å². The largest absolute Gasteiger partial charge is 0.300 e. The van der Waals surface area contributed by atoms with Gasteiger partial charge in [0.1, 0.15) is 11.2 Å². The molecule has 3 nitrogen and oxygen atoms in total. The molecule has 2 atom stereocenters. The number of nitrogens with zero attached hydrogens (tertiary/aromatic N) is 1. The Balaban J connectivity index is 2.35. The zero-order chi connectivity index (χ0) is 13.9. The fourth-order valence-corrected chi connectivity index (χ4v) is 3.87. The number of Topliss-reactive ketones (excluding diaryl/α,β-unsaturated/α-hetero) is 1. The molecule has 1 aromatic carbocycles. The summed E-state index contributed by atoms with van der Waals surface area (Å²) in [7, 11) is 0. The zero-order valence-corrected chi connectivity index (χ0v) is 11.7. The summed E-state index contributed by atoms with van der Waals surface area (Å²) < 4.78 is 0. The quantitative estimate of drug-likeness (QED) is 0.913. The highest BCUT2D eigenvalue weighted by Gasteiger charge is 2.49. The highest BCUT2D eigenvalue weighted by Crippen LogP contribution is 2.51. The van der Waals surface area contributed by atoms with Gasteiger partial charge in [0.2, 0.25) is 0 Å². The number of rotatable bonds is 4. The van der Waals surface area contributed by atoms with Crippen molar-refractivity contribution < 1.29 is 4.79 Å². The molecule has 98 valence electrons. The molecule has 2 unspecified atom stereocenters. The van der Waals surface area contributed by atoms with Crippen molar-refractivity contribution in [3.8, 4) is 6.07 Å². The van der Waals surface area contributed by atoms with Gasteiger partial charge in [0.05, 0.1) is 11.1 Å². The molecule has 1 aromatic rings. The Kier molecular flexibility index (Phi) is 4.06. The number of nitrogens with one attached hydrogen (secondary N) is 1. The van der Waals surface area contributed by atoms with Gasteiger partial charge in [-0.2, -0.15) is 5.26 Å². The third-order valence-corrected chi connectivity index (χ3v) is 4.82. The van der Waals surface area contributed by atoms with Crippen molar-refractivity contribution in [3.63, 3.8) is 0 Å². The SMILES string of the molecule is CC(=O)CCC1(C#N)C(=N)SCC1c1ccccc1. The molecule has 0 aromatic heterocycles. The van der Waals surface area contributed by atoms with Crippen molar-refractivity contribution in [1.82, 2.24) is 0 Å². The van der Waals surface area contributed by atoms with Gasteiger partial charge in [0.25, 0.3) is 0 Å². The summed E-state index contributed by atoms with van der Waals surface area (Å²) >= 11 is 1.43. The van der Waals surface area contributed by atoms with E-state index in [1.54, 1.807) is 0 Å². The van der Waals surface area contributed by atoms with Gasteiger partial charge >= 0.3 is 0 Å². The molecule has 1 fully saturated rings. The fourth-order valence-electron chi connectivity index (χ4n) is 2.51. The van der Waals surface area contributed by atoms with Crippen LogP contribution in [0.25, 0.3) is 0 Å². The van der Waals surface area contributed by atoms with E-state index in [9.17, 15) is 10.1 Å². The third kappa shape index (κ3) is 2.57. The maximum absolute atomic E-state index is 11.2. The Morgan fingerprint density at radius 3 is 2.79 bits per heavy atom. The molecule has 0 aliphatic carbocycles. The summed E-state index contributed by atoms with van der Waals surface area (Å²) in [6.45, 7) is 1.54. The standard InChI is InChI=1S/C15H16N2OS/c1-11(18)7-8-15(10-16)13(9-19-14(15)17)12-5-3-2-4-6-12/h2-6,13,17H,7-9H2,1H3. The van der Waals surface area contributed by atoms with Crippen LogP contribution < -0.4 is 0 Å². The van der Waals surface area contributed by atoms with E-state index < -0.39 is 5.41 Å². The Morgan fingerprint density at radius 1 is 1.53 bits per heavy atom. The lowest BCUT2D eigenvalue weighted by Gasteiger charge is -2.27. The predicted octanol–water partition coefficient (Wildman–Crippen LogP) is 3.37. The maximum Gasteiger partial charge on any atom is 0.129 e. The topological polar surface area (TPSA) is 64.7 Å². The van der Waals surface area contributed by atoms with Crippen molar-refractivity contribution in [1.29, 1.82) is 10.7 Å². The van der Waals surface area contributed by atoms with Crippen LogP contribution in [0.4, 0.5) is 0 Å². The van der Waals surface area contributed by atoms with Gasteiger partial charge in [-0.05, 0) is 18.9 Å². The van der Waals surface area contributed by atoms with E-state index >= 15 is 0 Å². The van der Waals surface area contributed by atoms with Crippen LogP contribution in [-0.2, 0) is 4.79 Å². The van der Waals surface area contributed by atoms with Crippen LogP contribution in [0.15, 0.2) is 30.3 Å². The first-order valence-corrected chi connectivity index (χ1v) is 7.26. The van der Waals surface area contributed by atoms with Crippen LogP contribution in [0.3, 0.4) is 0 Å². The molecule has 0 spiro atoms. The van der Waals surface area contributed by atoms with E-state index in [0.29, 0.717) is 17.9 Å². The fraction of sp³-hybridized carbons (Fsp3) is 0.400. The predicted molar refractivity (Wildman–Crippen MR) is 77.3 cm³/mol. The molecule has 0 saturated carbocycles. The molecule has 0 amide bonds. The summed E-state index contributed by atoms with van der Waals surface area (Å²) in [5.41, 5.74) is 0.264. The molecule has 4 heteroatoms. The number of benzene rings is 1. The van der Waals surface area contributed by atoms with Crippen LogP contribution in [0, 0.1) is 22.2 Å². The average molecular weight is 272 g/mol. The van der Waals surface area contributed by atoms with Crippen LogP contribution in [0.2, 0.25) is 0 Å². The minimum atomic E-state index is -0.822. The molecule has 1 aliphatic rings. The third-order valence-electron chi connectivity index (χ3n) is 3.67. The summed E-state index contributed by atoms with van der Waals surface area (Å²) in [6, 6.07) is 12.2. The lowest BCUT2D eigenvalue weighted by molar-refractivity contribution is -0.117. The van der Waals surface area contributed by atoms with Crippen molar-refractivity contribution in [3.05, 3.63) is 35.9 Å². The second kappa shape index (κ2) is 5.58. The number of carbonyl (C=O) groups excluding carboxylic acids is 1. The van der Waals surface area contributed by atoms with E-state index in [1.165, 1.54) is 18.7 Å². The van der Waals surface area contributed by atoms with Crippen molar-refractivity contribution in [2.75, 3.05) is 5.75 Å². The molecular formula is C15H16N2OS. The molecular weight excluding hydrogens is 256 g/mol. The number of carbonyl (C=O) groups is 1. The van der Waals surface area contributed by atoms with E-state index in [1.807, 2.05) is 30.3 Å². The lowest BCUT2D eigenvalue weighted by Crippen LogP contribution is -2.30. The first-order chi connectivity index (χ1) is 9.10. The highest BCUT2D eigenvalue weighted by molar-refractivity contribution is 8.14. The second-order valence-electron chi connectivity index (χ2n) is 4.89. The van der Waals surface area contributed by atoms with Gasteiger partial charge in [0.15, 0.2) is 0 Å². The highest BCUT2D eigenvalue weighted by atomic mass is 32.2. The van der Waals surface area contributed by atoms with Crippen molar-refractivity contribution in [2.45, 2.75) is 25.7 Å². The molecule has 19 heavy (non-hydrogen) atoms. The molecule has 1 aliphatic heterocycles. The van der Waals surface area contributed by atoms with Gasteiger partial charge in [-0.3, -0.25) is 5.41 Å². The van der Waals surface area contributed by atoms with E-state index in [2.05, 4.69) is 6.07 Å². The smallest absolute Gasteiger partial charge is 0.129 e. The van der Waals surface area contributed by atoms with Gasteiger partial charge in [0, 0.05) is 18.1 Å². The summed E-state index contributed by atoms with van der Waals surface area (Å²) in [5.74, 6) is 0.829. The van der Waals surface area contributed by atoms with E-state index in [-0.39, 0.29) is 11.7 Å². The normalized spacial score (nSPS) is 26.1. The number of hydrogen-bond donors (Lipinski definition) is 1. The minimum absolute atomic E-state index is 0.00977. The van der Waals surface area contributed by atoms with Gasteiger partial charge in [-0.1, -0.05) is 30.3 Å². The van der Waals surface area contributed by atoms with Crippen LogP contribution in [-0.4, -0.2) is 16.6 Å². The zero-order valence-electron chi connectivity index (χ0n) is 10.8. The number of hydrogen-bond acceptors (Lipinski definition) is 4. The van der Waals surface area contributed by atoms with Crippen LogP contribution in [0.1, 0.15) is 31.2 Å². The number of thioether (sulfide) groups is 1. The second-order valence-corrected chi connectivity index (χ2v) is 5.92. The van der Waals surface area contributed by atoms with Crippen molar-refractivity contribution in [2.24, 2.45) is 5.41 Å². The first-order valence-electron chi connectivity index (χ1n) is 6.27. The summed E-state index contributed by atoms with van der Waals surface area (Å²) in [6.07, 6.45) is 0.810. The molecule has 0 radical (unpaired) electrons. The van der Waals surface area contributed by atoms with E-state index in [0.717, 1.165) is 11.3 Å². The first kappa shape index (κ1) is 13.8. The summed E-state index contributed by atoms with van der Waals surface area (Å²) in [4.78, 5) is 11.2. The minimum Gasteiger partial charge on any atom is -0.300 e.